The van der Waals surface area contributed by atoms with E-state index in [2.05, 4.69) is 4.98 Å². The van der Waals surface area contributed by atoms with Gasteiger partial charge in [0.2, 0.25) is 0 Å². The molecule has 0 aliphatic carbocycles. The molecule has 0 unspecified atom stereocenters. The van der Waals surface area contributed by atoms with Crippen LogP contribution in [0.25, 0.3) is 16.2 Å². The number of methoxy groups -OCH3 is 1. The lowest BCUT2D eigenvalue weighted by atomic mass is 10.1. The first-order chi connectivity index (χ1) is 11.8. The number of carbonyl (C=O) groups excluding carboxylic acids is 1. The van der Waals surface area contributed by atoms with Gasteiger partial charge in [-0.15, -0.1) is 11.3 Å². The zero-order valence-corrected chi connectivity index (χ0v) is 14.1. The van der Waals surface area contributed by atoms with Crippen LogP contribution in [0.2, 0.25) is 0 Å². The first kappa shape index (κ1) is 15.2. The Morgan fingerprint density at radius 1 is 1.29 bits per heavy atom. The summed E-state index contributed by atoms with van der Waals surface area (Å²) in [6.07, 6.45) is 1.90. The summed E-state index contributed by atoms with van der Waals surface area (Å²) in [7, 11) is 1.64. The van der Waals surface area contributed by atoms with Gasteiger partial charge in [0.15, 0.2) is 4.96 Å². The number of fused-ring (bicyclic) bond motifs is 1. The minimum absolute atomic E-state index is 0.0218. The summed E-state index contributed by atoms with van der Waals surface area (Å²) in [5.74, 6) is 0.790. The number of morpholine rings is 1. The van der Waals surface area contributed by atoms with Gasteiger partial charge in [-0.25, -0.2) is 4.98 Å². The molecule has 1 aliphatic rings. The highest BCUT2D eigenvalue weighted by atomic mass is 32.1. The monoisotopic (exact) mass is 343 g/mol. The second-order valence-electron chi connectivity index (χ2n) is 5.50. The molecule has 0 saturated carbocycles. The lowest BCUT2D eigenvalue weighted by molar-refractivity contribution is 0.0298. The number of para-hydroxylation sites is 1. The lowest BCUT2D eigenvalue weighted by Gasteiger charge is -2.26. The van der Waals surface area contributed by atoms with Crippen LogP contribution in [0.4, 0.5) is 0 Å². The number of amides is 1. The van der Waals surface area contributed by atoms with Gasteiger partial charge in [0.25, 0.3) is 5.91 Å². The molecule has 1 fully saturated rings. The van der Waals surface area contributed by atoms with Crippen LogP contribution in [0.3, 0.4) is 0 Å². The van der Waals surface area contributed by atoms with Gasteiger partial charge in [-0.05, 0) is 12.1 Å². The third-order valence-corrected chi connectivity index (χ3v) is 4.95. The van der Waals surface area contributed by atoms with Gasteiger partial charge in [-0.2, -0.15) is 0 Å². The smallest absolute Gasteiger partial charge is 0.271 e. The first-order valence-electron chi connectivity index (χ1n) is 7.75. The summed E-state index contributed by atoms with van der Waals surface area (Å²) >= 11 is 1.47. The average molecular weight is 343 g/mol. The number of thiazole rings is 1. The van der Waals surface area contributed by atoms with E-state index in [0.717, 1.165) is 22.0 Å². The van der Waals surface area contributed by atoms with Crippen LogP contribution in [0.15, 0.2) is 35.8 Å². The molecular weight excluding hydrogens is 326 g/mol. The molecule has 2 aromatic heterocycles. The number of nitrogens with zero attached hydrogens (tertiary/aromatic N) is 3. The zero-order valence-electron chi connectivity index (χ0n) is 13.3. The van der Waals surface area contributed by atoms with Crippen LogP contribution in [0.5, 0.6) is 5.75 Å². The van der Waals surface area contributed by atoms with Crippen molar-refractivity contribution in [3.63, 3.8) is 0 Å². The maximum Gasteiger partial charge on any atom is 0.271 e. The van der Waals surface area contributed by atoms with Crippen molar-refractivity contribution in [2.24, 2.45) is 0 Å². The molecule has 1 aliphatic heterocycles. The molecule has 124 valence electrons. The van der Waals surface area contributed by atoms with Crippen molar-refractivity contribution in [3.05, 3.63) is 41.5 Å². The Morgan fingerprint density at radius 2 is 2.08 bits per heavy atom. The highest BCUT2D eigenvalue weighted by molar-refractivity contribution is 7.15. The predicted molar refractivity (Wildman–Crippen MR) is 91.8 cm³/mol. The van der Waals surface area contributed by atoms with Gasteiger partial charge in [-0.3, -0.25) is 9.20 Å². The Balaban J connectivity index is 1.72. The van der Waals surface area contributed by atoms with Crippen LogP contribution >= 0.6 is 11.3 Å². The summed E-state index contributed by atoms with van der Waals surface area (Å²) < 4.78 is 12.6. The minimum atomic E-state index is 0.0218. The number of carbonyl (C=O) groups is 1. The molecule has 6 nitrogen and oxygen atoms in total. The molecule has 1 amide bonds. The average Bonchev–Trinajstić information content (AvgIpc) is 3.22. The van der Waals surface area contributed by atoms with E-state index < -0.39 is 0 Å². The largest absolute Gasteiger partial charge is 0.496 e. The van der Waals surface area contributed by atoms with Gasteiger partial charge < -0.3 is 14.4 Å². The van der Waals surface area contributed by atoms with Crippen molar-refractivity contribution in [2.45, 2.75) is 0 Å². The van der Waals surface area contributed by atoms with Crippen LogP contribution in [0, 0.1) is 0 Å². The molecule has 3 heterocycles. The summed E-state index contributed by atoms with van der Waals surface area (Å²) in [5.41, 5.74) is 2.36. The SMILES string of the molecule is COc1ccccc1-c1cn2c(C(=O)N3CCOCC3)csc2n1. The van der Waals surface area contributed by atoms with E-state index in [1.54, 1.807) is 7.11 Å². The van der Waals surface area contributed by atoms with Crippen molar-refractivity contribution >= 4 is 22.2 Å². The molecule has 3 aromatic rings. The molecule has 24 heavy (non-hydrogen) atoms. The maximum absolute atomic E-state index is 12.7. The molecule has 1 aromatic carbocycles. The van der Waals surface area contributed by atoms with Crippen molar-refractivity contribution in [1.82, 2.24) is 14.3 Å². The van der Waals surface area contributed by atoms with Gasteiger partial charge >= 0.3 is 0 Å². The van der Waals surface area contributed by atoms with E-state index in [0.29, 0.717) is 32.0 Å². The van der Waals surface area contributed by atoms with Gasteiger partial charge in [0, 0.05) is 30.2 Å². The Hall–Kier alpha value is -2.38. The number of benzene rings is 1. The summed E-state index contributed by atoms with van der Waals surface area (Å²) in [6.45, 7) is 2.44. The van der Waals surface area contributed by atoms with Crippen molar-refractivity contribution in [2.75, 3.05) is 33.4 Å². The summed E-state index contributed by atoms with van der Waals surface area (Å²) in [4.78, 5) is 20.0. The Labute approximate surface area is 143 Å². The normalized spacial score (nSPS) is 15.0. The van der Waals surface area contributed by atoms with Crippen LogP contribution in [-0.4, -0.2) is 53.6 Å². The molecular formula is C17H17N3O3S. The van der Waals surface area contributed by atoms with Crippen LogP contribution in [-0.2, 0) is 4.74 Å². The van der Waals surface area contributed by atoms with Gasteiger partial charge in [-0.1, -0.05) is 12.1 Å². The van der Waals surface area contributed by atoms with Crippen LogP contribution < -0.4 is 4.74 Å². The quantitative estimate of drug-likeness (QED) is 0.733. The highest BCUT2D eigenvalue weighted by Gasteiger charge is 2.23. The molecule has 0 spiro atoms. The molecule has 0 radical (unpaired) electrons. The molecule has 4 rings (SSSR count). The number of rotatable bonds is 3. The number of aromatic nitrogens is 2. The predicted octanol–water partition coefficient (Wildman–Crippen LogP) is 2.54. The fraction of sp³-hybridized carbons (Fsp3) is 0.294. The van der Waals surface area contributed by atoms with Crippen LogP contribution in [0.1, 0.15) is 10.5 Å². The Morgan fingerprint density at radius 3 is 2.88 bits per heavy atom. The second-order valence-corrected chi connectivity index (χ2v) is 6.34. The van der Waals surface area contributed by atoms with E-state index in [1.807, 2.05) is 45.1 Å². The first-order valence-corrected chi connectivity index (χ1v) is 8.63. The number of hydrogen-bond donors (Lipinski definition) is 0. The van der Waals surface area contributed by atoms with E-state index in [1.165, 1.54) is 11.3 Å². The summed E-state index contributed by atoms with van der Waals surface area (Å²) in [5, 5.41) is 1.87. The molecule has 0 bridgehead atoms. The summed E-state index contributed by atoms with van der Waals surface area (Å²) in [6, 6.07) is 7.75. The molecule has 0 N–H and O–H groups in total. The Kier molecular flexibility index (Phi) is 3.95. The third-order valence-electron chi connectivity index (χ3n) is 4.11. The third kappa shape index (κ3) is 2.55. The van der Waals surface area contributed by atoms with Gasteiger partial charge in [0.05, 0.1) is 26.0 Å². The van der Waals surface area contributed by atoms with E-state index in [-0.39, 0.29) is 5.91 Å². The van der Waals surface area contributed by atoms with E-state index in [9.17, 15) is 4.79 Å². The topological polar surface area (TPSA) is 56.1 Å². The Bertz CT molecular complexity index is 880. The lowest BCUT2D eigenvalue weighted by Crippen LogP contribution is -2.41. The standard InChI is InChI=1S/C17H17N3O3S/c1-22-15-5-3-2-4-12(15)13-10-20-14(11-24-17(20)18-13)16(21)19-6-8-23-9-7-19/h2-5,10-11H,6-9H2,1H3. The van der Waals surface area contributed by atoms with Crippen molar-refractivity contribution < 1.29 is 14.3 Å². The second kappa shape index (κ2) is 6.26. The molecule has 0 atom stereocenters. The number of hydrogen-bond acceptors (Lipinski definition) is 5. The fourth-order valence-electron chi connectivity index (χ4n) is 2.85. The van der Waals surface area contributed by atoms with Crippen molar-refractivity contribution in [3.8, 4) is 17.0 Å². The maximum atomic E-state index is 12.7. The molecule has 7 heteroatoms. The van der Waals surface area contributed by atoms with Crippen molar-refractivity contribution in [1.29, 1.82) is 0 Å². The zero-order chi connectivity index (χ0) is 16.5. The number of imidazole rings is 1. The number of ether oxygens (including phenoxy) is 2. The highest BCUT2D eigenvalue weighted by Crippen LogP contribution is 2.30. The van der Waals surface area contributed by atoms with E-state index >= 15 is 0 Å². The minimum Gasteiger partial charge on any atom is -0.496 e. The van der Waals surface area contributed by atoms with Gasteiger partial charge in [0.1, 0.15) is 11.4 Å². The van der Waals surface area contributed by atoms with E-state index in [4.69, 9.17) is 9.47 Å². The molecule has 1 saturated heterocycles. The fourth-order valence-corrected chi connectivity index (χ4v) is 3.70.